The quantitative estimate of drug-likeness (QED) is 0.156. The number of alkyl carbamates (subject to hydrolysis) is 1. The van der Waals surface area contributed by atoms with Crippen LogP contribution in [0.2, 0.25) is 0 Å². The zero-order valence-corrected chi connectivity index (χ0v) is 34.1. The summed E-state index contributed by atoms with van der Waals surface area (Å²) in [7, 11) is 2.11. The molecule has 0 unspecified atom stereocenters. The molecule has 2 aliphatic heterocycles. The van der Waals surface area contributed by atoms with Gasteiger partial charge in [0, 0.05) is 60.3 Å². The van der Waals surface area contributed by atoms with Gasteiger partial charge in [-0.15, -0.1) is 5.11 Å². The lowest BCUT2D eigenvalue weighted by Crippen LogP contribution is -2.37. The zero-order valence-electron chi connectivity index (χ0n) is 34.1. The van der Waals surface area contributed by atoms with Crippen molar-refractivity contribution < 1.29 is 23.9 Å². The first-order chi connectivity index (χ1) is 27.3. The second-order valence-corrected chi connectivity index (χ2v) is 17.0. The molecule has 3 aromatic rings. The Morgan fingerprint density at radius 1 is 0.895 bits per heavy atom. The minimum atomic E-state index is -0.583. The highest BCUT2D eigenvalue weighted by molar-refractivity contribution is 6.01. The van der Waals surface area contributed by atoms with E-state index in [0.29, 0.717) is 49.2 Å². The van der Waals surface area contributed by atoms with Crippen LogP contribution < -0.4 is 10.6 Å². The normalized spacial score (nSPS) is 20.4. The van der Waals surface area contributed by atoms with Crippen LogP contribution in [0.25, 0.3) is 11.1 Å². The molecule has 3 heterocycles. The van der Waals surface area contributed by atoms with E-state index in [0.717, 1.165) is 79.6 Å². The fourth-order valence-corrected chi connectivity index (χ4v) is 8.16. The van der Waals surface area contributed by atoms with Gasteiger partial charge in [-0.25, -0.2) is 14.8 Å². The molecule has 2 fully saturated rings. The Hall–Kier alpha value is -5.10. The molecule has 0 radical (unpaired) electrons. The Morgan fingerprint density at radius 2 is 1.61 bits per heavy atom. The largest absolute Gasteiger partial charge is 0.444 e. The molecular formula is C45H57N7O5. The van der Waals surface area contributed by atoms with Gasteiger partial charge in [0.15, 0.2) is 18.3 Å². The van der Waals surface area contributed by atoms with Gasteiger partial charge in [0.2, 0.25) is 5.91 Å². The first kappa shape index (κ1) is 41.5. The summed E-state index contributed by atoms with van der Waals surface area (Å²) in [5.74, 6) is 0.466. The number of pyridine rings is 1. The number of anilines is 1. The molecule has 2 atom stereocenters. The number of aliphatic imine (C=N–C) groups is 1. The number of amidine groups is 1. The predicted octanol–water partition coefficient (Wildman–Crippen LogP) is 8.23. The molecule has 2 aromatic carbocycles. The SMILES string of the molecule is Cc1nc(C(=O)C[C@H]2CCCN(C)C2)ccc1-c1ccc(C[C@H](CC(=O)C2CCC(CNC(=O)OC(C)(C)C)CC2)C(=O)Nc2ccc(C3=NCN=N3)cc2)cc1. The van der Waals surface area contributed by atoms with Crippen LogP contribution in [-0.2, 0) is 20.7 Å². The van der Waals surface area contributed by atoms with E-state index in [-0.39, 0.29) is 35.7 Å². The van der Waals surface area contributed by atoms with Crippen LogP contribution in [0.5, 0.6) is 0 Å². The highest BCUT2D eigenvalue weighted by atomic mass is 16.6. The summed E-state index contributed by atoms with van der Waals surface area (Å²) < 4.78 is 5.37. The highest BCUT2D eigenvalue weighted by Gasteiger charge is 2.31. The lowest BCUT2D eigenvalue weighted by molar-refractivity contribution is -0.129. The van der Waals surface area contributed by atoms with Crippen LogP contribution >= 0.6 is 0 Å². The third-order valence-corrected chi connectivity index (χ3v) is 11.2. The van der Waals surface area contributed by atoms with E-state index in [1.54, 1.807) is 0 Å². The molecule has 2 amide bonds. The molecule has 1 saturated heterocycles. The Bertz CT molecular complexity index is 1960. The fourth-order valence-electron chi connectivity index (χ4n) is 8.16. The molecule has 1 aromatic heterocycles. The monoisotopic (exact) mass is 775 g/mol. The van der Waals surface area contributed by atoms with Gasteiger partial charge < -0.3 is 20.3 Å². The molecule has 2 N–H and O–H groups in total. The van der Waals surface area contributed by atoms with Crippen LogP contribution in [0.4, 0.5) is 10.5 Å². The van der Waals surface area contributed by atoms with Crippen LogP contribution in [0.1, 0.15) is 99.4 Å². The maximum atomic E-state index is 13.9. The average Bonchev–Trinajstić information content (AvgIpc) is 3.72. The smallest absolute Gasteiger partial charge is 0.407 e. The molecule has 0 bridgehead atoms. The third-order valence-electron chi connectivity index (χ3n) is 11.2. The number of amides is 2. The number of piperidine rings is 1. The number of ether oxygens (including phenoxy) is 1. The van der Waals surface area contributed by atoms with Crippen LogP contribution in [0.3, 0.4) is 0 Å². The van der Waals surface area contributed by atoms with Gasteiger partial charge in [0.1, 0.15) is 17.1 Å². The van der Waals surface area contributed by atoms with Crippen molar-refractivity contribution in [1.82, 2.24) is 15.2 Å². The van der Waals surface area contributed by atoms with E-state index < -0.39 is 17.6 Å². The molecule has 57 heavy (non-hydrogen) atoms. The van der Waals surface area contributed by atoms with E-state index >= 15 is 0 Å². The van der Waals surface area contributed by atoms with Gasteiger partial charge in [-0.1, -0.05) is 30.3 Å². The summed E-state index contributed by atoms with van der Waals surface area (Å²) >= 11 is 0. The lowest BCUT2D eigenvalue weighted by Gasteiger charge is -2.29. The van der Waals surface area contributed by atoms with Gasteiger partial charge in [-0.05, 0) is 140 Å². The molecule has 0 spiro atoms. The molecule has 3 aliphatic rings. The lowest BCUT2D eigenvalue weighted by atomic mass is 9.77. The maximum Gasteiger partial charge on any atom is 0.407 e. The minimum absolute atomic E-state index is 0.0908. The summed E-state index contributed by atoms with van der Waals surface area (Å²) in [6.45, 7) is 10.3. The summed E-state index contributed by atoms with van der Waals surface area (Å²) in [5, 5.41) is 13.9. The Kier molecular flexibility index (Phi) is 13.8. The first-order valence-corrected chi connectivity index (χ1v) is 20.4. The summed E-state index contributed by atoms with van der Waals surface area (Å²) in [6.07, 6.45) is 5.90. The average molecular weight is 776 g/mol. The van der Waals surface area contributed by atoms with Crippen molar-refractivity contribution >= 4 is 35.1 Å². The van der Waals surface area contributed by atoms with Crippen molar-refractivity contribution in [3.63, 3.8) is 0 Å². The van der Waals surface area contributed by atoms with E-state index in [2.05, 4.69) is 37.8 Å². The van der Waals surface area contributed by atoms with Crippen molar-refractivity contribution in [2.45, 2.75) is 91.1 Å². The number of ketones is 2. The van der Waals surface area contributed by atoms with Gasteiger partial charge in [-0.3, -0.25) is 14.4 Å². The Morgan fingerprint density at radius 3 is 2.26 bits per heavy atom. The van der Waals surface area contributed by atoms with Gasteiger partial charge in [0.25, 0.3) is 0 Å². The number of Topliss-reactive ketones (excluding diaryl/α,β-unsaturated/α-hetero) is 2. The third kappa shape index (κ3) is 12.0. The van der Waals surface area contributed by atoms with E-state index in [1.807, 2.05) is 88.4 Å². The second kappa shape index (κ2) is 18.9. The molecule has 1 saturated carbocycles. The molecule has 302 valence electrons. The predicted molar refractivity (Wildman–Crippen MR) is 221 cm³/mol. The molecular weight excluding hydrogens is 719 g/mol. The number of carbonyl (C=O) groups is 4. The number of carbonyl (C=O) groups excluding carboxylic acids is 4. The number of hydrogen-bond donors (Lipinski definition) is 2. The zero-order chi connectivity index (χ0) is 40.5. The van der Waals surface area contributed by atoms with Crippen molar-refractivity contribution in [3.05, 3.63) is 83.2 Å². The van der Waals surface area contributed by atoms with Crippen LogP contribution in [-0.4, -0.2) is 78.2 Å². The van der Waals surface area contributed by atoms with Crippen LogP contribution in [0, 0.1) is 30.6 Å². The number of azo groups is 1. The summed E-state index contributed by atoms with van der Waals surface area (Å²) in [4.78, 5) is 64.3. The maximum absolute atomic E-state index is 13.9. The van der Waals surface area contributed by atoms with E-state index in [1.165, 1.54) is 0 Å². The number of rotatable bonds is 14. The van der Waals surface area contributed by atoms with Gasteiger partial charge in [-0.2, -0.15) is 5.11 Å². The number of nitrogens with one attached hydrogen (secondary N) is 2. The minimum Gasteiger partial charge on any atom is -0.444 e. The number of benzene rings is 2. The fraction of sp³-hybridized carbons (Fsp3) is 0.511. The Balaban J connectivity index is 1.10. The Labute approximate surface area is 336 Å². The van der Waals surface area contributed by atoms with E-state index in [9.17, 15) is 19.2 Å². The van der Waals surface area contributed by atoms with Gasteiger partial charge >= 0.3 is 6.09 Å². The van der Waals surface area contributed by atoms with Crippen molar-refractivity contribution in [2.75, 3.05) is 38.7 Å². The number of aromatic nitrogens is 1. The highest BCUT2D eigenvalue weighted by Crippen LogP contribution is 2.32. The molecule has 1 aliphatic carbocycles. The number of aryl methyl sites for hydroxylation is 1. The van der Waals surface area contributed by atoms with Crippen molar-refractivity contribution in [3.8, 4) is 11.1 Å². The van der Waals surface area contributed by atoms with E-state index in [4.69, 9.17) is 9.72 Å². The first-order valence-electron chi connectivity index (χ1n) is 20.4. The molecule has 12 heteroatoms. The number of likely N-dealkylation sites (tertiary alicyclic amines) is 1. The van der Waals surface area contributed by atoms with Crippen LogP contribution in [0.15, 0.2) is 75.9 Å². The standard InChI is InChI=1S/C45H57N7O5/c1-29-38(20-21-39(49-29)41(54)24-32-7-6-22-52(5)27-32)33-12-8-30(9-13-33)23-36(43(55)50-37-18-16-35(17-19-37)42-47-28-48-51-42)25-40(53)34-14-10-31(11-15-34)26-46-44(56)57-45(2,3)4/h8-9,12-13,16-21,31-32,34,36H,6-7,10-11,14-15,22-28H2,1-5H3,(H,46,56)(H,50,55)/t31?,32-,34?,36-/m1/s1. The summed E-state index contributed by atoms with van der Waals surface area (Å²) in [5.41, 5.74) is 5.05. The summed E-state index contributed by atoms with van der Waals surface area (Å²) in [6, 6.07) is 19.2. The second-order valence-electron chi connectivity index (χ2n) is 17.0. The van der Waals surface area contributed by atoms with Crippen molar-refractivity contribution in [2.24, 2.45) is 38.9 Å². The molecule has 6 rings (SSSR count). The molecule has 12 nitrogen and oxygen atoms in total. The number of hydrogen-bond acceptors (Lipinski definition) is 10. The van der Waals surface area contributed by atoms with Crippen molar-refractivity contribution in [1.29, 1.82) is 0 Å². The number of nitrogens with zero attached hydrogens (tertiary/aromatic N) is 5. The van der Waals surface area contributed by atoms with Gasteiger partial charge in [0.05, 0.1) is 0 Å². The topological polar surface area (TPSA) is 155 Å².